The van der Waals surface area contributed by atoms with Crippen LogP contribution in [-0.4, -0.2) is 12.2 Å². The van der Waals surface area contributed by atoms with Crippen molar-refractivity contribution in [3.8, 4) is 0 Å². The van der Waals surface area contributed by atoms with Gasteiger partial charge in [-0.1, -0.05) is 44.1 Å². The van der Waals surface area contributed by atoms with Gasteiger partial charge in [0.25, 0.3) is 0 Å². The molecule has 0 N–H and O–H groups in total. The van der Waals surface area contributed by atoms with Gasteiger partial charge in [-0.25, -0.2) is 0 Å². The molecule has 1 saturated carbocycles. The van der Waals surface area contributed by atoms with Gasteiger partial charge in [-0.05, 0) is 18.8 Å². The SMILES string of the molecule is C=C[C@@]1(C2CCCCC2)C=CCO1. The summed E-state index contributed by atoms with van der Waals surface area (Å²) in [5.74, 6) is 0.678. The molecule has 0 radical (unpaired) electrons. The Balaban J connectivity index is 2.10. The number of hydrogen-bond donors (Lipinski definition) is 0. The second-order valence-corrected chi connectivity index (χ2v) is 4.11. The van der Waals surface area contributed by atoms with Gasteiger partial charge in [0, 0.05) is 0 Å². The second-order valence-electron chi connectivity index (χ2n) is 4.11. The van der Waals surface area contributed by atoms with Gasteiger partial charge in [-0.3, -0.25) is 0 Å². The van der Waals surface area contributed by atoms with Crippen LogP contribution >= 0.6 is 0 Å². The van der Waals surface area contributed by atoms with Crippen LogP contribution in [0.5, 0.6) is 0 Å². The maximum Gasteiger partial charge on any atom is 0.107 e. The summed E-state index contributed by atoms with van der Waals surface area (Å²) < 4.78 is 5.80. The minimum atomic E-state index is -0.111. The molecule has 0 aromatic carbocycles. The third-order valence-corrected chi connectivity index (χ3v) is 3.37. The van der Waals surface area contributed by atoms with E-state index in [-0.39, 0.29) is 5.60 Å². The van der Waals surface area contributed by atoms with Crippen LogP contribution in [-0.2, 0) is 4.74 Å². The minimum absolute atomic E-state index is 0.111. The molecule has 1 heterocycles. The van der Waals surface area contributed by atoms with Crippen molar-refractivity contribution in [3.63, 3.8) is 0 Å². The molecule has 1 heteroatoms. The van der Waals surface area contributed by atoms with Gasteiger partial charge in [0.05, 0.1) is 6.61 Å². The van der Waals surface area contributed by atoms with Gasteiger partial charge < -0.3 is 4.74 Å². The summed E-state index contributed by atoms with van der Waals surface area (Å²) in [6, 6.07) is 0. The maximum atomic E-state index is 5.80. The second kappa shape index (κ2) is 3.67. The van der Waals surface area contributed by atoms with Crippen molar-refractivity contribution in [3.05, 3.63) is 24.8 Å². The molecule has 1 nitrogen and oxygen atoms in total. The van der Waals surface area contributed by atoms with Crippen LogP contribution < -0.4 is 0 Å². The van der Waals surface area contributed by atoms with Crippen LogP contribution in [0, 0.1) is 5.92 Å². The average Bonchev–Trinajstić information content (AvgIpc) is 2.69. The molecule has 0 bridgehead atoms. The van der Waals surface area contributed by atoms with Crippen LogP contribution in [0.1, 0.15) is 32.1 Å². The van der Waals surface area contributed by atoms with Gasteiger partial charge in [0.2, 0.25) is 0 Å². The van der Waals surface area contributed by atoms with E-state index in [4.69, 9.17) is 4.74 Å². The summed E-state index contributed by atoms with van der Waals surface area (Å²) in [5, 5.41) is 0. The Morgan fingerprint density at radius 2 is 2.08 bits per heavy atom. The van der Waals surface area contributed by atoms with Gasteiger partial charge >= 0.3 is 0 Å². The van der Waals surface area contributed by atoms with E-state index in [2.05, 4.69) is 18.7 Å². The first-order valence-corrected chi connectivity index (χ1v) is 5.33. The highest BCUT2D eigenvalue weighted by molar-refractivity contribution is 5.19. The van der Waals surface area contributed by atoms with E-state index in [1.54, 1.807) is 0 Å². The Kier molecular flexibility index (Phi) is 2.54. The first kappa shape index (κ1) is 9.01. The van der Waals surface area contributed by atoms with Gasteiger partial charge in [0.15, 0.2) is 0 Å². The van der Waals surface area contributed by atoms with Crippen molar-refractivity contribution in [2.24, 2.45) is 5.92 Å². The quantitative estimate of drug-likeness (QED) is 0.590. The summed E-state index contributed by atoms with van der Waals surface area (Å²) in [6.07, 6.45) is 13.0. The van der Waals surface area contributed by atoms with Crippen molar-refractivity contribution in [1.82, 2.24) is 0 Å². The molecule has 1 aliphatic heterocycles. The standard InChI is InChI=1S/C12H18O/c1-2-12(9-6-10-13-12)11-7-4-3-5-8-11/h2,6,9,11H,1,3-5,7-8,10H2/t12-/m0/s1. The van der Waals surface area contributed by atoms with Crippen molar-refractivity contribution >= 4 is 0 Å². The minimum Gasteiger partial charge on any atom is -0.362 e. The molecule has 0 saturated heterocycles. The molecule has 2 aliphatic rings. The van der Waals surface area contributed by atoms with Gasteiger partial charge in [-0.15, -0.1) is 0 Å². The molecule has 0 unspecified atom stereocenters. The Labute approximate surface area is 80.5 Å². The van der Waals surface area contributed by atoms with E-state index >= 15 is 0 Å². The molecule has 0 aromatic heterocycles. The monoisotopic (exact) mass is 178 g/mol. The third-order valence-electron chi connectivity index (χ3n) is 3.37. The smallest absolute Gasteiger partial charge is 0.107 e. The molecule has 72 valence electrons. The molecule has 13 heavy (non-hydrogen) atoms. The van der Waals surface area contributed by atoms with Gasteiger partial charge in [0.1, 0.15) is 5.60 Å². The lowest BCUT2D eigenvalue weighted by Crippen LogP contribution is -2.35. The molecule has 0 amide bonds. The van der Waals surface area contributed by atoms with E-state index < -0.39 is 0 Å². The molecule has 0 spiro atoms. The van der Waals surface area contributed by atoms with E-state index in [0.29, 0.717) is 5.92 Å². The van der Waals surface area contributed by atoms with Crippen LogP contribution in [0.2, 0.25) is 0 Å². The van der Waals surface area contributed by atoms with Crippen molar-refractivity contribution in [2.75, 3.05) is 6.61 Å². The van der Waals surface area contributed by atoms with E-state index in [1.165, 1.54) is 32.1 Å². The lowest BCUT2D eigenvalue weighted by atomic mass is 9.77. The van der Waals surface area contributed by atoms with Crippen molar-refractivity contribution in [2.45, 2.75) is 37.7 Å². The Hall–Kier alpha value is -0.560. The van der Waals surface area contributed by atoms with E-state index in [0.717, 1.165) is 6.61 Å². The fourth-order valence-electron chi connectivity index (χ4n) is 2.57. The van der Waals surface area contributed by atoms with Crippen LogP contribution in [0.3, 0.4) is 0 Å². The van der Waals surface area contributed by atoms with Crippen molar-refractivity contribution < 1.29 is 4.74 Å². The predicted molar refractivity (Wildman–Crippen MR) is 54.6 cm³/mol. The third kappa shape index (κ3) is 1.58. The molecule has 2 rings (SSSR count). The zero-order valence-electron chi connectivity index (χ0n) is 8.17. The molecular formula is C12H18O. The van der Waals surface area contributed by atoms with Gasteiger partial charge in [-0.2, -0.15) is 0 Å². The normalized spacial score (nSPS) is 35.1. The highest BCUT2D eigenvalue weighted by Crippen LogP contribution is 2.38. The largest absolute Gasteiger partial charge is 0.362 e. The van der Waals surface area contributed by atoms with E-state index in [1.807, 2.05) is 6.08 Å². The lowest BCUT2D eigenvalue weighted by Gasteiger charge is -2.35. The summed E-state index contributed by atoms with van der Waals surface area (Å²) in [5.41, 5.74) is -0.111. The number of hydrogen-bond acceptors (Lipinski definition) is 1. The predicted octanol–water partition coefficient (Wildman–Crippen LogP) is 3.08. The topological polar surface area (TPSA) is 9.23 Å². The summed E-state index contributed by atoms with van der Waals surface area (Å²) in [6.45, 7) is 4.68. The zero-order chi connectivity index (χ0) is 9.15. The highest BCUT2D eigenvalue weighted by atomic mass is 16.5. The van der Waals surface area contributed by atoms with E-state index in [9.17, 15) is 0 Å². The summed E-state index contributed by atoms with van der Waals surface area (Å²) in [7, 11) is 0. The Morgan fingerprint density at radius 1 is 1.31 bits per heavy atom. The molecule has 1 aliphatic carbocycles. The molecular weight excluding hydrogens is 160 g/mol. The fourth-order valence-corrected chi connectivity index (χ4v) is 2.57. The molecule has 1 fully saturated rings. The number of rotatable bonds is 2. The first-order chi connectivity index (χ1) is 6.37. The fraction of sp³-hybridized carbons (Fsp3) is 0.667. The van der Waals surface area contributed by atoms with Crippen LogP contribution in [0.4, 0.5) is 0 Å². The molecule has 1 atom stereocenters. The summed E-state index contributed by atoms with van der Waals surface area (Å²) >= 11 is 0. The van der Waals surface area contributed by atoms with Crippen LogP contribution in [0.15, 0.2) is 24.8 Å². The first-order valence-electron chi connectivity index (χ1n) is 5.33. The lowest BCUT2D eigenvalue weighted by molar-refractivity contribution is 0.00373. The molecule has 0 aromatic rings. The highest BCUT2D eigenvalue weighted by Gasteiger charge is 2.37. The number of ether oxygens (including phenoxy) is 1. The zero-order valence-corrected chi connectivity index (χ0v) is 8.17. The Bertz CT molecular complexity index is 213. The summed E-state index contributed by atoms with van der Waals surface area (Å²) in [4.78, 5) is 0. The Morgan fingerprint density at radius 3 is 2.62 bits per heavy atom. The van der Waals surface area contributed by atoms with Crippen molar-refractivity contribution in [1.29, 1.82) is 0 Å². The maximum absolute atomic E-state index is 5.80. The van der Waals surface area contributed by atoms with Crippen LogP contribution in [0.25, 0.3) is 0 Å². The average molecular weight is 178 g/mol.